The van der Waals surface area contributed by atoms with E-state index in [0.717, 1.165) is 12.8 Å². The Balaban J connectivity index is 2.54. The van der Waals surface area contributed by atoms with E-state index in [2.05, 4.69) is 4.74 Å². The molecule has 5 nitrogen and oxygen atoms in total. The summed E-state index contributed by atoms with van der Waals surface area (Å²) in [6.07, 6.45) is 1.72. The van der Waals surface area contributed by atoms with Crippen molar-refractivity contribution in [1.82, 2.24) is 4.90 Å². The Kier molecular flexibility index (Phi) is 4.51. The minimum atomic E-state index is -0.662. The van der Waals surface area contributed by atoms with Gasteiger partial charge in [-0.3, -0.25) is 9.59 Å². The number of ether oxygens (including phenoxy) is 1. The second-order valence-corrected chi connectivity index (χ2v) is 5.13. The fourth-order valence-electron chi connectivity index (χ4n) is 1.71. The van der Waals surface area contributed by atoms with Crippen molar-refractivity contribution in [1.29, 1.82) is 0 Å². The molecule has 1 rings (SSSR count). The molecule has 1 aliphatic carbocycles. The quantitative estimate of drug-likeness (QED) is 0.689. The molecule has 17 heavy (non-hydrogen) atoms. The number of esters is 1. The van der Waals surface area contributed by atoms with Gasteiger partial charge < -0.3 is 15.4 Å². The third-order valence-electron chi connectivity index (χ3n) is 2.90. The lowest BCUT2D eigenvalue weighted by atomic mass is 10.1. The van der Waals surface area contributed by atoms with E-state index in [4.69, 9.17) is 5.73 Å². The first-order valence-electron chi connectivity index (χ1n) is 6.04. The molecule has 0 heterocycles. The third kappa shape index (κ3) is 4.00. The number of rotatable bonds is 6. The van der Waals surface area contributed by atoms with Crippen molar-refractivity contribution < 1.29 is 14.3 Å². The molecule has 0 radical (unpaired) electrons. The molecule has 0 spiro atoms. The average molecular weight is 242 g/mol. The van der Waals surface area contributed by atoms with Crippen LogP contribution in [0.25, 0.3) is 0 Å². The Bertz CT molecular complexity index is 298. The lowest BCUT2D eigenvalue weighted by Gasteiger charge is -2.27. The lowest BCUT2D eigenvalue weighted by molar-refractivity contribution is -0.142. The molecule has 2 N–H and O–H groups in total. The Morgan fingerprint density at radius 1 is 1.41 bits per heavy atom. The summed E-state index contributed by atoms with van der Waals surface area (Å²) in [6.45, 7) is 5.10. The molecule has 98 valence electrons. The summed E-state index contributed by atoms with van der Waals surface area (Å²) in [5.74, 6) is 0.0301. The molecule has 0 bridgehead atoms. The Morgan fingerprint density at radius 3 is 2.41 bits per heavy atom. The van der Waals surface area contributed by atoms with Gasteiger partial charge in [-0.25, -0.2) is 0 Å². The molecule has 0 aromatic carbocycles. The largest absolute Gasteiger partial charge is 0.469 e. The fourth-order valence-corrected chi connectivity index (χ4v) is 1.71. The van der Waals surface area contributed by atoms with Crippen molar-refractivity contribution in [2.45, 2.75) is 38.6 Å². The standard InChI is InChI=1S/C12H22N2O3/c1-9(2)8-14(7-4-10(15)17-3)11(16)12(13)5-6-12/h9H,4-8,13H2,1-3H3. The number of carbonyl (C=O) groups is 2. The van der Waals surface area contributed by atoms with Crippen LogP contribution in [0.1, 0.15) is 33.1 Å². The predicted octanol–water partition coefficient (Wildman–Crippen LogP) is 0.525. The first-order chi connectivity index (χ1) is 7.89. The van der Waals surface area contributed by atoms with Gasteiger partial charge in [0.2, 0.25) is 5.91 Å². The van der Waals surface area contributed by atoms with E-state index in [9.17, 15) is 9.59 Å². The van der Waals surface area contributed by atoms with Crippen molar-refractivity contribution in [3.8, 4) is 0 Å². The molecule has 0 saturated heterocycles. The summed E-state index contributed by atoms with van der Waals surface area (Å²) in [5.41, 5.74) is 5.24. The maximum Gasteiger partial charge on any atom is 0.307 e. The van der Waals surface area contributed by atoms with Crippen molar-refractivity contribution in [2.24, 2.45) is 11.7 Å². The molecule has 0 aliphatic heterocycles. The zero-order chi connectivity index (χ0) is 13.1. The number of amides is 1. The maximum atomic E-state index is 12.1. The molecule has 0 atom stereocenters. The monoisotopic (exact) mass is 242 g/mol. The number of nitrogens with two attached hydrogens (primary N) is 1. The Morgan fingerprint density at radius 2 is 2.00 bits per heavy atom. The van der Waals surface area contributed by atoms with Crippen molar-refractivity contribution >= 4 is 11.9 Å². The maximum absolute atomic E-state index is 12.1. The minimum absolute atomic E-state index is 0.0323. The molecule has 0 aromatic heterocycles. The van der Waals surface area contributed by atoms with Crippen molar-refractivity contribution in [3.05, 3.63) is 0 Å². The first kappa shape index (κ1) is 14.0. The predicted molar refractivity (Wildman–Crippen MR) is 64.2 cm³/mol. The zero-order valence-electron chi connectivity index (χ0n) is 10.9. The van der Waals surface area contributed by atoms with Gasteiger partial charge in [0, 0.05) is 13.1 Å². The SMILES string of the molecule is COC(=O)CCN(CC(C)C)C(=O)C1(N)CC1. The number of hydrogen-bond donors (Lipinski definition) is 1. The van der Waals surface area contributed by atoms with Crippen LogP contribution in [0.4, 0.5) is 0 Å². The van der Waals surface area contributed by atoms with Crippen molar-refractivity contribution in [2.75, 3.05) is 20.2 Å². The van der Waals surface area contributed by atoms with E-state index in [0.29, 0.717) is 19.0 Å². The van der Waals surface area contributed by atoms with E-state index in [1.54, 1.807) is 4.90 Å². The molecule has 1 amide bonds. The average Bonchev–Trinajstić information content (AvgIpc) is 3.01. The molecule has 1 saturated carbocycles. The van der Waals surface area contributed by atoms with Gasteiger partial charge in [-0.2, -0.15) is 0 Å². The summed E-state index contributed by atoms with van der Waals surface area (Å²) in [7, 11) is 1.35. The van der Waals surface area contributed by atoms with Gasteiger partial charge in [-0.15, -0.1) is 0 Å². The smallest absolute Gasteiger partial charge is 0.307 e. The second-order valence-electron chi connectivity index (χ2n) is 5.13. The summed E-state index contributed by atoms with van der Waals surface area (Å²) >= 11 is 0. The van der Waals surface area contributed by atoms with Gasteiger partial charge in [-0.1, -0.05) is 13.8 Å². The van der Waals surface area contributed by atoms with Gasteiger partial charge in [0.25, 0.3) is 0 Å². The van der Waals surface area contributed by atoms with Gasteiger partial charge in [-0.05, 0) is 18.8 Å². The van der Waals surface area contributed by atoms with Crippen LogP contribution >= 0.6 is 0 Å². The molecule has 5 heteroatoms. The van der Waals surface area contributed by atoms with E-state index in [1.807, 2.05) is 13.8 Å². The van der Waals surface area contributed by atoms with E-state index in [1.165, 1.54) is 7.11 Å². The summed E-state index contributed by atoms with van der Waals surface area (Å²) < 4.78 is 4.58. The summed E-state index contributed by atoms with van der Waals surface area (Å²) in [6, 6.07) is 0. The summed E-state index contributed by atoms with van der Waals surface area (Å²) in [5, 5.41) is 0. The first-order valence-corrected chi connectivity index (χ1v) is 6.04. The highest BCUT2D eigenvalue weighted by Gasteiger charge is 2.48. The molecular formula is C12H22N2O3. The second kappa shape index (κ2) is 5.49. The van der Waals surface area contributed by atoms with E-state index in [-0.39, 0.29) is 18.3 Å². The van der Waals surface area contributed by atoms with Crippen LogP contribution in [-0.4, -0.2) is 42.5 Å². The van der Waals surface area contributed by atoms with Crippen molar-refractivity contribution in [3.63, 3.8) is 0 Å². The highest BCUT2D eigenvalue weighted by Crippen LogP contribution is 2.34. The number of methoxy groups -OCH3 is 1. The lowest BCUT2D eigenvalue weighted by Crippen LogP contribution is -2.47. The van der Waals surface area contributed by atoms with E-state index >= 15 is 0 Å². The number of carbonyl (C=O) groups excluding carboxylic acids is 2. The van der Waals surface area contributed by atoms with Crippen LogP contribution in [0.15, 0.2) is 0 Å². The van der Waals surface area contributed by atoms with Crippen LogP contribution in [0, 0.1) is 5.92 Å². The van der Waals surface area contributed by atoms with E-state index < -0.39 is 5.54 Å². The fraction of sp³-hybridized carbons (Fsp3) is 0.833. The Labute approximate surface area is 102 Å². The third-order valence-corrected chi connectivity index (χ3v) is 2.90. The van der Waals surface area contributed by atoms with Crippen LogP contribution in [0.3, 0.4) is 0 Å². The zero-order valence-corrected chi connectivity index (χ0v) is 10.9. The van der Waals surface area contributed by atoms with Crippen LogP contribution in [0.2, 0.25) is 0 Å². The minimum Gasteiger partial charge on any atom is -0.469 e. The molecular weight excluding hydrogens is 220 g/mol. The topological polar surface area (TPSA) is 72.6 Å². The van der Waals surface area contributed by atoms with Gasteiger partial charge in [0.05, 0.1) is 19.1 Å². The summed E-state index contributed by atoms with van der Waals surface area (Å²) in [4.78, 5) is 24.9. The van der Waals surface area contributed by atoms with Crippen LogP contribution in [0.5, 0.6) is 0 Å². The molecule has 1 aliphatic rings. The Hall–Kier alpha value is -1.10. The van der Waals surface area contributed by atoms with Crippen LogP contribution < -0.4 is 5.73 Å². The number of nitrogens with zero attached hydrogens (tertiary/aromatic N) is 1. The van der Waals surface area contributed by atoms with Gasteiger partial charge in [0.1, 0.15) is 0 Å². The number of hydrogen-bond acceptors (Lipinski definition) is 4. The highest BCUT2D eigenvalue weighted by atomic mass is 16.5. The molecule has 0 aromatic rings. The molecule has 0 unspecified atom stereocenters. The van der Waals surface area contributed by atoms with Gasteiger partial charge in [0.15, 0.2) is 0 Å². The van der Waals surface area contributed by atoms with Crippen LogP contribution in [-0.2, 0) is 14.3 Å². The molecule has 1 fully saturated rings. The normalized spacial score (nSPS) is 16.8. The highest BCUT2D eigenvalue weighted by molar-refractivity contribution is 5.89. The van der Waals surface area contributed by atoms with Gasteiger partial charge >= 0.3 is 5.97 Å².